The first-order valence-corrected chi connectivity index (χ1v) is 9.01. The van der Waals surface area contributed by atoms with Crippen molar-refractivity contribution in [3.05, 3.63) is 18.2 Å². The van der Waals surface area contributed by atoms with E-state index in [9.17, 15) is 9.59 Å². The predicted molar refractivity (Wildman–Crippen MR) is 110 cm³/mol. The molecule has 28 heavy (non-hydrogen) atoms. The minimum Gasteiger partial charge on any atom is -0.375 e. The number of carbonyl (C=O) groups is 2. The zero-order valence-corrected chi connectivity index (χ0v) is 17.8. The highest BCUT2D eigenvalue weighted by atomic mass is 35.5. The molecule has 2 fully saturated rings. The largest absolute Gasteiger partial charge is 0.375 e. The first-order chi connectivity index (χ1) is 12.4. The molecule has 0 radical (unpaired) electrons. The third-order valence-electron chi connectivity index (χ3n) is 5.07. The molecular formula is C17H30Cl2N6O3. The van der Waals surface area contributed by atoms with E-state index in [1.165, 1.54) is 0 Å². The van der Waals surface area contributed by atoms with E-state index >= 15 is 0 Å². The number of ether oxygens (including phenoxy) is 1. The van der Waals surface area contributed by atoms with Crippen molar-refractivity contribution in [3.8, 4) is 0 Å². The molecule has 1 aromatic rings. The maximum atomic E-state index is 12.3. The Morgan fingerprint density at radius 3 is 2.82 bits per heavy atom. The molecule has 0 spiro atoms. The second-order valence-electron chi connectivity index (χ2n) is 7.38. The van der Waals surface area contributed by atoms with Gasteiger partial charge in [0.25, 0.3) is 0 Å². The summed E-state index contributed by atoms with van der Waals surface area (Å²) in [5.74, 6) is -0.0769. The van der Waals surface area contributed by atoms with Crippen molar-refractivity contribution in [1.82, 2.24) is 25.1 Å². The van der Waals surface area contributed by atoms with Crippen molar-refractivity contribution in [2.75, 3.05) is 33.8 Å². The zero-order chi connectivity index (χ0) is 18.7. The van der Waals surface area contributed by atoms with Gasteiger partial charge in [0, 0.05) is 57.6 Å². The van der Waals surface area contributed by atoms with Gasteiger partial charge in [0.05, 0.1) is 31.5 Å². The lowest BCUT2D eigenvalue weighted by molar-refractivity contribution is -0.134. The maximum Gasteiger partial charge on any atom is 0.237 e. The van der Waals surface area contributed by atoms with Gasteiger partial charge in [-0.3, -0.25) is 14.5 Å². The Labute approximate surface area is 177 Å². The lowest BCUT2D eigenvalue weighted by Gasteiger charge is -2.35. The van der Waals surface area contributed by atoms with Crippen LogP contribution >= 0.6 is 24.8 Å². The average Bonchev–Trinajstić information content (AvgIpc) is 3.23. The van der Waals surface area contributed by atoms with Gasteiger partial charge in [-0.2, -0.15) is 0 Å². The third kappa shape index (κ3) is 6.31. The Hall–Kier alpha value is -1.39. The van der Waals surface area contributed by atoms with Gasteiger partial charge in [-0.15, -0.1) is 24.8 Å². The number of H-pyrrole nitrogens is 1. The summed E-state index contributed by atoms with van der Waals surface area (Å²) in [6.07, 6.45) is 4.84. The van der Waals surface area contributed by atoms with E-state index in [2.05, 4.69) is 20.2 Å². The summed E-state index contributed by atoms with van der Waals surface area (Å²) in [6, 6.07) is -0.253. The maximum absolute atomic E-state index is 12.3. The third-order valence-corrected chi connectivity index (χ3v) is 5.07. The number of fused-ring (bicyclic) bond motifs is 1. The first-order valence-electron chi connectivity index (χ1n) is 9.01. The Kier molecular flexibility index (Phi) is 9.65. The van der Waals surface area contributed by atoms with Crippen molar-refractivity contribution in [2.24, 2.45) is 5.73 Å². The fourth-order valence-corrected chi connectivity index (χ4v) is 3.58. The lowest BCUT2D eigenvalue weighted by Crippen LogP contribution is -2.48. The molecule has 0 aromatic carbocycles. The van der Waals surface area contributed by atoms with Crippen molar-refractivity contribution < 1.29 is 14.3 Å². The van der Waals surface area contributed by atoms with Crippen molar-refractivity contribution in [3.63, 3.8) is 0 Å². The van der Waals surface area contributed by atoms with Gasteiger partial charge >= 0.3 is 0 Å². The standard InChI is InChI=1S/C17H28N6O3.2ClH/c1-22(2)16(24)5-14-8-23-7-12(3-13(23)9-26-14)21-17(25)15(18)4-11-6-19-10-20-11;;/h6,10,12-15H,3-5,7-9,18H2,1-2H3,(H,19,20)(H,21,25);2*1H/t12-,13-,14-,15-;;/m0../s1. The van der Waals surface area contributed by atoms with E-state index in [1.54, 1.807) is 31.5 Å². The van der Waals surface area contributed by atoms with Gasteiger partial charge in [0.15, 0.2) is 0 Å². The summed E-state index contributed by atoms with van der Waals surface area (Å²) >= 11 is 0. The first kappa shape index (κ1) is 24.6. The molecule has 2 aliphatic heterocycles. The number of aromatic nitrogens is 2. The summed E-state index contributed by atoms with van der Waals surface area (Å²) in [7, 11) is 3.50. The van der Waals surface area contributed by atoms with Crippen LogP contribution in [0.2, 0.25) is 0 Å². The summed E-state index contributed by atoms with van der Waals surface area (Å²) in [4.78, 5) is 35.0. The Morgan fingerprint density at radius 1 is 1.43 bits per heavy atom. The summed E-state index contributed by atoms with van der Waals surface area (Å²) in [5, 5.41) is 3.05. The number of halogens is 2. The van der Waals surface area contributed by atoms with Crippen LogP contribution < -0.4 is 11.1 Å². The van der Waals surface area contributed by atoms with Crippen molar-refractivity contribution in [2.45, 2.75) is 43.5 Å². The number of hydrogen-bond donors (Lipinski definition) is 3. The molecule has 2 aliphatic rings. The fraction of sp³-hybridized carbons (Fsp3) is 0.706. The van der Waals surface area contributed by atoms with Crippen LogP contribution in [-0.4, -0.2) is 89.6 Å². The van der Waals surface area contributed by atoms with E-state index < -0.39 is 6.04 Å². The number of aromatic amines is 1. The fourth-order valence-electron chi connectivity index (χ4n) is 3.58. The number of imidazole rings is 1. The minimum atomic E-state index is -0.602. The van der Waals surface area contributed by atoms with E-state index in [0.29, 0.717) is 19.4 Å². The Bertz CT molecular complexity index is 630. The molecule has 160 valence electrons. The van der Waals surface area contributed by atoms with E-state index in [4.69, 9.17) is 10.5 Å². The molecule has 2 amide bonds. The van der Waals surface area contributed by atoms with Crippen LogP contribution in [0.5, 0.6) is 0 Å². The van der Waals surface area contributed by atoms with Crippen molar-refractivity contribution in [1.29, 1.82) is 0 Å². The molecule has 11 heteroatoms. The van der Waals surface area contributed by atoms with E-state index in [-0.39, 0.29) is 54.8 Å². The molecule has 4 N–H and O–H groups in total. The molecule has 0 unspecified atom stereocenters. The molecule has 4 atom stereocenters. The van der Waals surface area contributed by atoms with Crippen LogP contribution in [-0.2, 0) is 20.7 Å². The summed E-state index contributed by atoms with van der Waals surface area (Å²) in [6.45, 7) is 2.08. The highest BCUT2D eigenvalue weighted by Crippen LogP contribution is 2.24. The zero-order valence-electron chi connectivity index (χ0n) is 16.2. The minimum absolute atomic E-state index is 0. The van der Waals surface area contributed by atoms with Crippen LogP contribution in [0.1, 0.15) is 18.5 Å². The molecule has 2 saturated heterocycles. The predicted octanol–water partition coefficient (Wildman–Crippen LogP) is -0.441. The molecule has 9 nitrogen and oxygen atoms in total. The van der Waals surface area contributed by atoms with Crippen LogP contribution in [0, 0.1) is 0 Å². The highest BCUT2D eigenvalue weighted by molar-refractivity contribution is 5.85. The molecule has 0 saturated carbocycles. The number of rotatable bonds is 6. The van der Waals surface area contributed by atoms with E-state index in [1.807, 2.05) is 0 Å². The molecule has 0 aliphatic carbocycles. The quantitative estimate of drug-likeness (QED) is 0.556. The monoisotopic (exact) mass is 436 g/mol. The number of nitrogens with zero attached hydrogens (tertiary/aromatic N) is 3. The van der Waals surface area contributed by atoms with Crippen LogP contribution in [0.3, 0.4) is 0 Å². The molecule has 0 bridgehead atoms. The second kappa shape index (κ2) is 11.0. The number of nitrogens with one attached hydrogen (secondary N) is 2. The number of hydrogen-bond acceptors (Lipinski definition) is 6. The highest BCUT2D eigenvalue weighted by Gasteiger charge is 2.38. The molecule has 3 rings (SSSR count). The molecule has 3 heterocycles. The topological polar surface area (TPSA) is 117 Å². The summed E-state index contributed by atoms with van der Waals surface area (Å²) in [5.41, 5.74) is 6.84. The van der Waals surface area contributed by atoms with Crippen molar-refractivity contribution >= 4 is 36.6 Å². The van der Waals surface area contributed by atoms with Crippen LogP contribution in [0.15, 0.2) is 12.5 Å². The second-order valence-corrected chi connectivity index (χ2v) is 7.38. The van der Waals surface area contributed by atoms with Crippen LogP contribution in [0.4, 0.5) is 0 Å². The van der Waals surface area contributed by atoms with Gasteiger partial charge in [-0.05, 0) is 6.42 Å². The average molecular weight is 437 g/mol. The summed E-state index contributed by atoms with van der Waals surface area (Å²) < 4.78 is 5.85. The Balaban J connectivity index is 0.00000196. The number of morpholine rings is 1. The van der Waals surface area contributed by atoms with Gasteiger partial charge in [-0.1, -0.05) is 0 Å². The van der Waals surface area contributed by atoms with E-state index in [0.717, 1.165) is 25.2 Å². The SMILES string of the molecule is CN(C)C(=O)C[C@H]1CN2C[C@@H](NC(=O)[C@@H](N)Cc3cnc[nH]3)C[C@H]2CO1.Cl.Cl. The molecule has 1 aromatic heterocycles. The number of nitrogens with two attached hydrogens (primary N) is 1. The van der Waals surface area contributed by atoms with Gasteiger partial charge in [0.2, 0.25) is 11.8 Å². The van der Waals surface area contributed by atoms with Gasteiger partial charge in [0.1, 0.15) is 0 Å². The smallest absolute Gasteiger partial charge is 0.237 e. The number of carbonyl (C=O) groups excluding carboxylic acids is 2. The van der Waals surface area contributed by atoms with Gasteiger partial charge in [-0.25, -0.2) is 4.98 Å². The normalized spacial score (nSPS) is 25.0. The Morgan fingerprint density at radius 2 is 2.18 bits per heavy atom. The lowest BCUT2D eigenvalue weighted by atomic mass is 10.1. The molecular weight excluding hydrogens is 407 g/mol. The number of amides is 2. The van der Waals surface area contributed by atoms with Crippen LogP contribution in [0.25, 0.3) is 0 Å². The van der Waals surface area contributed by atoms with Gasteiger partial charge < -0.3 is 25.7 Å².